The highest BCUT2D eigenvalue weighted by molar-refractivity contribution is 7.89. The number of hydrogen-bond donors (Lipinski definition) is 2. The lowest BCUT2D eigenvalue weighted by atomic mass is 10.1. The van der Waals surface area contributed by atoms with Crippen molar-refractivity contribution in [2.45, 2.75) is 31.7 Å². The van der Waals surface area contributed by atoms with E-state index in [0.717, 1.165) is 6.07 Å². The fourth-order valence-electron chi connectivity index (χ4n) is 1.69. The number of nitrogens with one attached hydrogen (secondary N) is 1. The number of carboxylic acid groups (broad SMARTS) is 1. The molecule has 0 spiro atoms. The highest BCUT2D eigenvalue weighted by atomic mass is 32.2. The second-order valence-corrected chi connectivity index (χ2v) is 6.57. The van der Waals surface area contributed by atoms with Crippen LogP contribution >= 0.6 is 0 Å². The van der Waals surface area contributed by atoms with Crippen LogP contribution in [0.25, 0.3) is 0 Å². The predicted octanol–water partition coefficient (Wildman–Crippen LogP) is 1.29. The third-order valence-electron chi connectivity index (χ3n) is 2.89. The number of sulfonamides is 1. The normalized spacial score (nSPS) is 13.1. The van der Waals surface area contributed by atoms with Crippen molar-refractivity contribution in [1.29, 1.82) is 0 Å². The van der Waals surface area contributed by atoms with E-state index in [9.17, 15) is 23.3 Å². The van der Waals surface area contributed by atoms with Crippen LogP contribution in [-0.4, -0.2) is 30.5 Å². The molecule has 0 aromatic heterocycles. The van der Waals surface area contributed by atoms with Crippen molar-refractivity contribution in [2.24, 2.45) is 5.92 Å². The highest BCUT2D eigenvalue weighted by Gasteiger charge is 2.29. The summed E-state index contributed by atoms with van der Waals surface area (Å²) in [4.78, 5) is 20.8. The molecule has 0 saturated heterocycles. The van der Waals surface area contributed by atoms with E-state index >= 15 is 0 Å². The van der Waals surface area contributed by atoms with E-state index in [0.29, 0.717) is 5.56 Å². The third kappa shape index (κ3) is 3.99. The minimum Gasteiger partial charge on any atom is -0.480 e. The lowest BCUT2D eigenvalue weighted by molar-refractivity contribution is -0.385. The van der Waals surface area contributed by atoms with Gasteiger partial charge in [-0.3, -0.25) is 14.9 Å². The average Bonchev–Trinajstić information content (AvgIpc) is 2.35. The van der Waals surface area contributed by atoms with Crippen LogP contribution in [0.15, 0.2) is 23.1 Å². The molecule has 1 aromatic carbocycles. The Bertz CT molecular complexity index is 668. The summed E-state index contributed by atoms with van der Waals surface area (Å²) >= 11 is 0. The Hall–Kier alpha value is -2.00. The Labute approximate surface area is 122 Å². The molecule has 1 atom stereocenters. The molecule has 9 heteroatoms. The zero-order valence-corrected chi connectivity index (χ0v) is 12.5. The van der Waals surface area contributed by atoms with Gasteiger partial charge in [0.1, 0.15) is 6.04 Å². The van der Waals surface area contributed by atoms with Crippen LogP contribution in [0.3, 0.4) is 0 Å². The van der Waals surface area contributed by atoms with Gasteiger partial charge in [-0.1, -0.05) is 19.9 Å². The lowest BCUT2D eigenvalue weighted by Gasteiger charge is -2.18. The van der Waals surface area contributed by atoms with Crippen LogP contribution in [0.4, 0.5) is 5.69 Å². The Morgan fingerprint density at radius 3 is 2.38 bits per heavy atom. The van der Waals surface area contributed by atoms with Gasteiger partial charge in [-0.2, -0.15) is 4.72 Å². The average molecular weight is 316 g/mol. The maximum atomic E-state index is 12.3. The number of aliphatic carboxylic acids is 1. The van der Waals surface area contributed by atoms with Crippen molar-refractivity contribution in [3.8, 4) is 0 Å². The van der Waals surface area contributed by atoms with Crippen LogP contribution in [0.5, 0.6) is 0 Å². The van der Waals surface area contributed by atoms with Gasteiger partial charge in [0.25, 0.3) is 5.69 Å². The molecule has 0 saturated carbocycles. The maximum absolute atomic E-state index is 12.3. The summed E-state index contributed by atoms with van der Waals surface area (Å²) in [7, 11) is -4.17. The zero-order chi connectivity index (χ0) is 16.4. The summed E-state index contributed by atoms with van der Waals surface area (Å²) in [5.41, 5.74) is -0.0848. The van der Waals surface area contributed by atoms with Crippen molar-refractivity contribution in [3.63, 3.8) is 0 Å². The van der Waals surface area contributed by atoms with Gasteiger partial charge in [0, 0.05) is 12.1 Å². The van der Waals surface area contributed by atoms with Gasteiger partial charge in [-0.05, 0) is 18.4 Å². The van der Waals surface area contributed by atoms with Crippen molar-refractivity contribution in [3.05, 3.63) is 33.9 Å². The molecule has 1 rings (SSSR count). The molecular formula is C12H16N2O6S. The molecule has 21 heavy (non-hydrogen) atoms. The Morgan fingerprint density at radius 2 is 1.95 bits per heavy atom. The van der Waals surface area contributed by atoms with Gasteiger partial charge < -0.3 is 5.11 Å². The number of aryl methyl sites for hydroxylation is 1. The summed E-state index contributed by atoms with van der Waals surface area (Å²) in [6.45, 7) is 4.59. The summed E-state index contributed by atoms with van der Waals surface area (Å²) in [6, 6.07) is 2.09. The number of non-ortho nitro benzene ring substituents is 1. The molecule has 0 amide bonds. The number of carbonyl (C=O) groups is 1. The molecule has 0 aliphatic carbocycles. The number of nitro groups is 1. The molecule has 2 N–H and O–H groups in total. The molecule has 0 unspecified atom stereocenters. The molecule has 0 heterocycles. The molecule has 0 fully saturated rings. The first-order chi connectivity index (χ1) is 9.56. The second kappa shape index (κ2) is 6.19. The van der Waals surface area contributed by atoms with Gasteiger partial charge >= 0.3 is 5.97 Å². The van der Waals surface area contributed by atoms with Crippen molar-refractivity contribution in [1.82, 2.24) is 4.72 Å². The maximum Gasteiger partial charge on any atom is 0.322 e. The molecule has 0 radical (unpaired) electrons. The molecule has 8 nitrogen and oxygen atoms in total. The topological polar surface area (TPSA) is 127 Å². The van der Waals surface area contributed by atoms with E-state index in [2.05, 4.69) is 4.72 Å². The Morgan fingerprint density at radius 1 is 1.38 bits per heavy atom. The van der Waals surface area contributed by atoms with Gasteiger partial charge in [0.15, 0.2) is 0 Å². The van der Waals surface area contributed by atoms with E-state index in [-0.39, 0.29) is 10.6 Å². The highest BCUT2D eigenvalue weighted by Crippen LogP contribution is 2.22. The number of rotatable bonds is 6. The quantitative estimate of drug-likeness (QED) is 0.601. The molecule has 0 aliphatic rings. The molecule has 116 valence electrons. The molecular weight excluding hydrogens is 300 g/mol. The number of carboxylic acids is 1. The van der Waals surface area contributed by atoms with Crippen LogP contribution < -0.4 is 4.72 Å². The fraction of sp³-hybridized carbons (Fsp3) is 0.417. The summed E-state index contributed by atoms with van der Waals surface area (Å²) in [6.07, 6.45) is 0. The van der Waals surface area contributed by atoms with Crippen LogP contribution in [0.1, 0.15) is 19.4 Å². The SMILES string of the molecule is Cc1ccc([N+](=O)[O-])cc1S(=O)(=O)N[C@H](C(=O)O)C(C)C. The fourth-order valence-corrected chi connectivity index (χ4v) is 3.30. The van der Waals surface area contributed by atoms with Gasteiger partial charge in [0.2, 0.25) is 10.0 Å². The first-order valence-corrected chi connectivity index (χ1v) is 7.54. The summed E-state index contributed by atoms with van der Waals surface area (Å²) in [5, 5.41) is 19.8. The van der Waals surface area contributed by atoms with Crippen molar-refractivity contribution >= 4 is 21.7 Å². The van der Waals surface area contributed by atoms with Crippen LogP contribution in [-0.2, 0) is 14.8 Å². The smallest absolute Gasteiger partial charge is 0.322 e. The number of nitro benzene ring substituents is 1. The first-order valence-electron chi connectivity index (χ1n) is 6.06. The van der Waals surface area contributed by atoms with E-state index in [1.165, 1.54) is 19.1 Å². The van der Waals surface area contributed by atoms with E-state index < -0.39 is 32.9 Å². The van der Waals surface area contributed by atoms with Crippen LogP contribution in [0, 0.1) is 23.0 Å². The molecule has 1 aromatic rings. The predicted molar refractivity (Wildman–Crippen MR) is 74.4 cm³/mol. The van der Waals surface area contributed by atoms with Crippen molar-refractivity contribution < 1.29 is 23.2 Å². The summed E-state index contributed by atoms with van der Waals surface area (Å²) < 4.78 is 26.6. The van der Waals surface area contributed by atoms with Crippen LogP contribution in [0.2, 0.25) is 0 Å². The minimum atomic E-state index is -4.17. The van der Waals surface area contributed by atoms with E-state index in [1.807, 2.05) is 0 Å². The Kier molecular flexibility index (Phi) is 5.02. The Balaban J connectivity index is 3.27. The number of nitrogens with zero attached hydrogens (tertiary/aromatic N) is 1. The van der Waals surface area contributed by atoms with E-state index in [1.54, 1.807) is 13.8 Å². The molecule has 0 bridgehead atoms. The second-order valence-electron chi connectivity index (χ2n) is 4.89. The van der Waals surface area contributed by atoms with Gasteiger partial charge in [-0.15, -0.1) is 0 Å². The third-order valence-corrected chi connectivity index (χ3v) is 4.47. The van der Waals surface area contributed by atoms with Crippen molar-refractivity contribution in [2.75, 3.05) is 0 Å². The first kappa shape index (κ1) is 17.1. The standard InChI is InChI=1S/C12H16N2O6S/c1-7(2)11(12(15)16)13-21(19,20)10-6-9(14(17)18)5-4-8(10)3/h4-7,11,13H,1-3H3,(H,15,16)/t11-/m0/s1. The van der Waals surface area contributed by atoms with E-state index in [4.69, 9.17) is 5.11 Å². The van der Waals surface area contributed by atoms with Gasteiger partial charge in [0.05, 0.1) is 9.82 Å². The summed E-state index contributed by atoms with van der Waals surface area (Å²) in [5.74, 6) is -1.78. The lowest BCUT2D eigenvalue weighted by Crippen LogP contribution is -2.44. The zero-order valence-electron chi connectivity index (χ0n) is 11.7. The number of benzene rings is 1. The number of hydrogen-bond acceptors (Lipinski definition) is 5. The van der Waals surface area contributed by atoms with Gasteiger partial charge in [-0.25, -0.2) is 8.42 Å². The monoisotopic (exact) mass is 316 g/mol. The largest absolute Gasteiger partial charge is 0.480 e. The minimum absolute atomic E-state index is 0.293. The molecule has 0 aliphatic heterocycles.